The third-order valence-corrected chi connectivity index (χ3v) is 5.59. The first-order valence-electron chi connectivity index (χ1n) is 6.26. The van der Waals surface area contributed by atoms with Crippen LogP contribution >= 0.6 is 0 Å². The molecule has 106 valence electrons. The van der Waals surface area contributed by atoms with Crippen molar-refractivity contribution in [1.82, 2.24) is 4.31 Å². The van der Waals surface area contributed by atoms with Crippen molar-refractivity contribution in [2.45, 2.75) is 31.3 Å². The van der Waals surface area contributed by atoms with Crippen LogP contribution < -0.4 is 5.73 Å². The zero-order chi connectivity index (χ0) is 14.2. The topological polar surface area (TPSA) is 72.6 Å². The molecule has 19 heavy (non-hydrogen) atoms. The number of hydrogen-bond acceptors (Lipinski definition) is 4. The van der Waals surface area contributed by atoms with E-state index in [-0.39, 0.29) is 6.10 Å². The largest absolute Gasteiger partial charge is 0.398 e. The lowest BCUT2D eigenvalue weighted by Gasteiger charge is -2.19. The van der Waals surface area contributed by atoms with Gasteiger partial charge in [0.2, 0.25) is 10.0 Å². The Labute approximate surface area is 114 Å². The second-order valence-corrected chi connectivity index (χ2v) is 6.89. The van der Waals surface area contributed by atoms with E-state index in [0.717, 1.165) is 12.0 Å². The van der Waals surface area contributed by atoms with E-state index in [1.54, 1.807) is 26.2 Å². The molecular weight excluding hydrogens is 264 g/mol. The van der Waals surface area contributed by atoms with E-state index in [2.05, 4.69) is 0 Å². The maximum Gasteiger partial charge on any atom is 0.243 e. The summed E-state index contributed by atoms with van der Waals surface area (Å²) < 4.78 is 32.0. The highest BCUT2D eigenvalue weighted by molar-refractivity contribution is 7.89. The average Bonchev–Trinajstić information content (AvgIpc) is 2.83. The molecule has 0 spiro atoms. The number of aryl methyl sites for hydroxylation is 1. The predicted molar refractivity (Wildman–Crippen MR) is 74.5 cm³/mol. The molecule has 1 heterocycles. The molecule has 0 aliphatic carbocycles. The highest BCUT2D eigenvalue weighted by atomic mass is 32.2. The van der Waals surface area contributed by atoms with Gasteiger partial charge in [0.25, 0.3) is 0 Å². The summed E-state index contributed by atoms with van der Waals surface area (Å²) in [7, 11) is -1.88. The van der Waals surface area contributed by atoms with Crippen molar-refractivity contribution in [2.24, 2.45) is 0 Å². The number of nitrogens with two attached hydrogens (primary N) is 1. The number of ether oxygens (including phenoxy) is 1. The normalized spacial score (nSPS) is 20.9. The van der Waals surface area contributed by atoms with Crippen molar-refractivity contribution in [1.29, 1.82) is 0 Å². The van der Waals surface area contributed by atoms with Gasteiger partial charge in [-0.3, -0.25) is 0 Å². The Kier molecular flexibility index (Phi) is 3.85. The zero-order valence-electron chi connectivity index (χ0n) is 11.5. The lowest BCUT2D eigenvalue weighted by molar-refractivity contribution is 0.115. The van der Waals surface area contributed by atoms with Gasteiger partial charge in [0.05, 0.1) is 11.0 Å². The molecule has 0 bridgehead atoms. The number of hydrogen-bond donors (Lipinski definition) is 1. The Bertz CT molecular complexity index is 584. The standard InChI is InChI=1S/C13H20N2O3S/c1-9-6-12(14)10(2)13(7-9)19(16,17)15-5-4-11(8-15)18-3/h6-7,11H,4-5,8,14H2,1-3H3. The molecule has 0 aromatic heterocycles. The third kappa shape index (κ3) is 2.61. The SMILES string of the molecule is COC1CCN(S(=O)(=O)c2cc(C)cc(N)c2C)C1. The van der Waals surface area contributed by atoms with Gasteiger partial charge in [-0.15, -0.1) is 0 Å². The Morgan fingerprint density at radius 1 is 1.37 bits per heavy atom. The summed E-state index contributed by atoms with van der Waals surface area (Å²) in [6.45, 7) is 4.49. The van der Waals surface area contributed by atoms with Crippen LogP contribution in [0.25, 0.3) is 0 Å². The monoisotopic (exact) mass is 284 g/mol. The second-order valence-electron chi connectivity index (χ2n) is 4.99. The van der Waals surface area contributed by atoms with Gasteiger partial charge < -0.3 is 10.5 Å². The Morgan fingerprint density at radius 3 is 2.63 bits per heavy atom. The van der Waals surface area contributed by atoms with E-state index in [1.807, 2.05) is 6.92 Å². The molecule has 1 fully saturated rings. The molecule has 2 N–H and O–H groups in total. The van der Waals surface area contributed by atoms with Crippen LogP contribution in [-0.2, 0) is 14.8 Å². The van der Waals surface area contributed by atoms with Crippen molar-refractivity contribution in [3.8, 4) is 0 Å². The first-order valence-corrected chi connectivity index (χ1v) is 7.70. The van der Waals surface area contributed by atoms with Crippen LogP contribution in [0.3, 0.4) is 0 Å². The number of sulfonamides is 1. The third-order valence-electron chi connectivity index (χ3n) is 3.60. The smallest absolute Gasteiger partial charge is 0.243 e. The van der Waals surface area contributed by atoms with Crippen molar-refractivity contribution in [3.63, 3.8) is 0 Å². The van der Waals surface area contributed by atoms with Crippen molar-refractivity contribution in [3.05, 3.63) is 23.3 Å². The number of rotatable bonds is 3. The molecule has 1 saturated heterocycles. The van der Waals surface area contributed by atoms with Crippen molar-refractivity contribution in [2.75, 3.05) is 25.9 Å². The first kappa shape index (κ1) is 14.3. The van der Waals surface area contributed by atoms with E-state index >= 15 is 0 Å². The minimum atomic E-state index is -3.48. The van der Waals surface area contributed by atoms with Crippen LogP contribution in [0, 0.1) is 13.8 Å². The molecule has 1 unspecified atom stereocenters. The maximum absolute atomic E-state index is 12.6. The fourth-order valence-electron chi connectivity index (χ4n) is 2.37. The van der Waals surface area contributed by atoms with Gasteiger partial charge in [-0.2, -0.15) is 4.31 Å². The fraction of sp³-hybridized carbons (Fsp3) is 0.538. The zero-order valence-corrected chi connectivity index (χ0v) is 12.3. The van der Waals surface area contributed by atoms with E-state index in [4.69, 9.17) is 10.5 Å². The van der Waals surface area contributed by atoms with Crippen LogP contribution in [-0.4, -0.2) is 39.0 Å². The summed E-state index contributed by atoms with van der Waals surface area (Å²) in [4.78, 5) is 0.307. The van der Waals surface area contributed by atoms with Gasteiger partial charge in [-0.05, 0) is 43.5 Å². The predicted octanol–water partition coefficient (Wildman–Crippen LogP) is 1.30. The van der Waals surface area contributed by atoms with Crippen LogP contribution in [0.4, 0.5) is 5.69 Å². The van der Waals surface area contributed by atoms with Gasteiger partial charge >= 0.3 is 0 Å². The summed E-state index contributed by atoms with van der Waals surface area (Å²) in [6.07, 6.45) is 0.716. The Hall–Kier alpha value is -1.11. The van der Waals surface area contributed by atoms with Crippen LogP contribution in [0.2, 0.25) is 0 Å². The molecule has 0 saturated carbocycles. The van der Waals surface area contributed by atoms with E-state index in [9.17, 15) is 8.42 Å². The van der Waals surface area contributed by atoms with Gasteiger partial charge in [0, 0.05) is 25.9 Å². The van der Waals surface area contributed by atoms with Gasteiger partial charge in [0.1, 0.15) is 0 Å². The molecule has 0 amide bonds. The Morgan fingerprint density at radius 2 is 2.05 bits per heavy atom. The average molecular weight is 284 g/mol. The number of benzene rings is 1. The molecular formula is C13H20N2O3S. The van der Waals surface area contributed by atoms with Gasteiger partial charge in [0.15, 0.2) is 0 Å². The van der Waals surface area contributed by atoms with E-state index < -0.39 is 10.0 Å². The molecule has 5 nitrogen and oxygen atoms in total. The molecule has 1 aliphatic heterocycles. The minimum absolute atomic E-state index is 0.0164. The maximum atomic E-state index is 12.6. The summed E-state index contributed by atoms with van der Waals surface area (Å²) in [5.41, 5.74) is 7.85. The molecule has 0 radical (unpaired) electrons. The van der Waals surface area contributed by atoms with Crippen LogP contribution in [0.5, 0.6) is 0 Å². The van der Waals surface area contributed by atoms with Crippen LogP contribution in [0.1, 0.15) is 17.5 Å². The first-order chi connectivity index (χ1) is 8.86. The number of nitrogens with zero attached hydrogens (tertiary/aromatic N) is 1. The highest BCUT2D eigenvalue weighted by Gasteiger charge is 2.33. The molecule has 2 rings (SSSR count). The molecule has 6 heteroatoms. The molecule has 1 aromatic carbocycles. The number of anilines is 1. The quantitative estimate of drug-likeness (QED) is 0.849. The van der Waals surface area contributed by atoms with Crippen molar-refractivity contribution >= 4 is 15.7 Å². The van der Waals surface area contributed by atoms with E-state index in [0.29, 0.717) is 29.2 Å². The summed E-state index contributed by atoms with van der Waals surface area (Å²) in [5, 5.41) is 0. The van der Waals surface area contributed by atoms with E-state index in [1.165, 1.54) is 4.31 Å². The number of nitrogen functional groups attached to an aromatic ring is 1. The second kappa shape index (κ2) is 5.11. The van der Waals surface area contributed by atoms with Crippen LogP contribution in [0.15, 0.2) is 17.0 Å². The number of methoxy groups -OCH3 is 1. The summed E-state index contributed by atoms with van der Waals surface area (Å²) >= 11 is 0. The molecule has 1 aromatic rings. The summed E-state index contributed by atoms with van der Waals surface area (Å²) in [5.74, 6) is 0. The minimum Gasteiger partial charge on any atom is -0.398 e. The lowest BCUT2D eigenvalue weighted by atomic mass is 10.1. The lowest BCUT2D eigenvalue weighted by Crippen LogP contribution is -2.30. The van der Waals surface area contributed by atoms with Gasteiger partial charge in [-0.1, -0.05) is 0 Å². The highest BCUT2D eigenvalue weighted by Crippen LogP contribution is 2.28. The Balaban J connectivity index is 2.41. The van der Waals surface area contributed by atoms with Gasteiger partial charge in [-0.25, -0.2) is 8.42 Å². The summed E-state index contributed by atoms with van der Waals surface area (Å²) in [6, 6.07) is 3.47. The molecule has 1 atom stereocenters. The molecule has 1 aliphatic rings. The van der Waals surface area contributed by atoms with Crippen molar-refractivity contribution < 1.29 is 13.2 Å². The fourth-order valence-corrected chi connectivity index (χ4v) is 4.19.